The van der Waals surface area contributed by atoms with Gasteiger partial charge in [0, 0.05) is 29.5 Å². The van der Waals surface area contributed by atoms with Crippen LogP contribution in [0.1, 0.15) is 91.5 Å². The lowest BCUT2D eigenvalue weighted by Gasteiger charge is -2.52. The predicted molar refractivity (Wildman–Crippen MR) is 118 cm³/mol. The molecule has 0 aliphatic carbocycles. The SMILES string of the molecule is CCCCCCCCON1C(C)(C)CC(/[N+]([O-])=C/c2ccccc2)CC1(C)C. The van der Waals surface area contributed by atoms with Gasteiger partial charge in [0.25, 0.3) is 0 Å². The van der Waals surface area contributed by atoms with Crippen molar-refractivity contribution < 1.29 is 9.58 Å². The van der Waals surface area contributed by atoms with Gasteiger partial charge in [0.2, 0.25) is 0 Å². The molecule has 2 rings (SSSR count). The Morgan fingerprint density at radius 1 is 1.00 bits per heavy atom. The summed E-state index contributed by atoms with van der Waals surface area (Å²) in [5.74, 6) is 0. The average Bonchev–Trinajstić information content (AvgIpc) is 2.62. The van der Waals surface area contributed by atoms with Crippen LogP contribution in [0.3, 0.4) is 0 Å². The number of benzene rings is 1. The molecule has 1 saturated heterocycles. The molecule has 1 heterocycles. The third kappa shape index (κ3) is 6.59. The molecule has 1 fully saturated rings. The van der Waals surface area contributed by atoms with Gasteiger partial charge in [-0.1, -0.05) is 57.2 Å². The number of rotatable bonds is 10. The topological polar surface area (TPSA) is 38.5 Å². The molecule has 1 aliphatic heterocycles. The monoisotopic (exact) mass is 388 g/mol. The van der Waals surface area contributed by atoms with Crippen LogP contribution in [-0.4, -0.2) is 39.7 Å². The van der Waals surface area contributed by atoms with Crippen LogP contribution >= 0.6 is 0 Å². The van der Waals surface area contributed by atoms with Gasteiger partial charge >= 0.3 is 0 Å². The van der Waals surface area contributed by atoms with E-state index in [4.69, 9.17) is 4.84 Å². The predicted octanol–water partition coefficient (Wildman–Crippen LogP) is 5.93. The molecular formula is C24H40N2O2. The minimum Gasteiger partial charge on any atom is -0.624 e. The lowest BCUT2D eigenvalue weighted by atomic mass is 9.79. The van der Waals surface area contributed by atoms with Gasteiger partial charge in [0.05, 0.1) is 6.61 Å². The Labute approximate surface area is 172 Å². The maximum atomic E-state index is 12.8. The minimum absolute atomic E-state index is 0.0425. The normalized spacial score (nSPS) is 20.4. The second kappa shape index (κ2) is 10.4. The van der Waals surface area contributed by atoms with Crippen molar-refractivity contribution in [1.82, 2.24) is 5.06 Å². The molecule has 0 spiro atoms. The largest absolute Gasteiger partial charge is 0.624 e. The lowest BCUT2D eigenvalue weighted by Crippen LogP contribution is -2.62. The van der Waals surface area contributed by atoms with E-state index in [0.717, 1.165) is 36.2 Å². The minimum atomic E-state index is -0.179. The first-order valence-electron chi connectivity index (χ1n) is 11.0. The molecule has 0 radical (unpaired) electrons. The van der Waals surface area contributed by atoms with E-state index in [-0.39, 0.29) is 17.1 Å². The van der Waals surface area contributed by atoms with Crippen LogP contribution in [-0.2, 0) is 4.84 Å². The summed E-state index contributed by atoms with van der Waals surface area (Å²) in [6.07, 6.45) is 10.9. The Kier molecular flexibility index (Phi) is 8.51. The van der Waals surface area contributed by atoms with E-state index in [0.29, 0.717) is 0 Å². The number of piperidine rings is 1. The quantitative estimate of drug-likeness (QED) is 0.164. The molecule has 0 unspecified atom stereocenters. The van der Waals surface area contributed by atoms with Crippen molar-refractivity contribution in [3.63, 3.8) is 0 Å². The first kappa shape index (κ1) is 22.9. The van der Waals surface area contributed by atoms with E-state index in [9.17, 15) is 5.21 Å². The smallest absolute Gasteiger partial charge is 0.182 e. The number of hydrogen-bond donors (Lipinski definition) is 0. The first-order chi connectivity index (χ1) is 13.3. The molecule has 1 aliphatic rings. The van der Waals surface area contributed by atoms with Crippen molar-refractivity contribution in [2.45, 2.75) is 103 Å². The Hall–Kier alpha value is -1.39. The lowest BCUT2D eigenvalue weighted by molar-refractivity contribution is -0.515. The zero-order chi connectivity index (χ0) is 20.6. The second-order valence-electron chi connectivity index (χ2n) is 9.48. The maximum absolute atomic E-state index is 12.8. The first-order valence-corrected chi connectivity index (χ1v) is 11.0. The molecule has 28 heavy (non-hydrogen) atoms. The van der Waals surface area contributed by atoms with E-state index < -0.39 is 0 Å². The van der Waals surface area contributed by atoms with E-state index in [1.807, 2.05) is 30.3 Å². The van der Waals surface area contributed by atoms with Gasteiger partial charge in [-0.05, 0) is 46.2 Å². The molecule has 0 bridgehead atoms. The summed E-state index contributed by atoms with van der Waals surface area (Å²) in [5.41, 5.74) is 0.596. The Bertz CT molecular complexity index is 592. The van der Waals surface area contributed by atoms with Gasteiger partial charge in [-0.15, -0.1) is 0 Å². The number of hydroxylamine groups is 3. The molecule has 1 aromatic rings. The van der Waals surface area contributed by atoms with Crippen molar-refractivity contribution in [3.05, 3.63) is 41.1 Å². The summed E-state index contributed by atoms with van der Waals surface area (Å²) in [4.78, 5) is 6.27. The summed E-state index contributed by atoms with van der Waals surface area (Å²) >= 11 is 0. The average molecular weight is 389 g/mol. The van der Waals surface area contributed by atoms with Gasteiger partial charge in [0.15, 0.2) is 12.3 Å². The summed E-state index contributed by atoms with van der Waals surface area (Å²) < 4.78 is 1.16. The van der Waals surface area contributed by atoms with Gasteiger partial charge in [-0.3, -0.25) is 4.84 Å². The Morgan fingerprint density at radius 3 is 2.18 bits per heavy atom. The van der Waals surface area contributed by atoms with Crippen molar-refractivity contribution in [2.75, 3.05) is 6.61 Å². The molecule has 0 N–H and O–H groups in total. The standard InChI is InChI=1S/C24H40N2O2/c1-6-7-8-9-10-14-17-28-26-23(2,3)18-22(19-24(26,4)5)25(27)20-21-15-12-11-13-16-21/h11-13,15-16,20,22H,6-10,14,17-19H2,1-5H3/b25-20-. The van der Waals surface area contributed by atoms with Crippen molar-refractivity contribution in [3.8, 4) is 0 Å². The summed E-state index contributed by atoms with van der Waals surface area (Å²) in [5, 5.41) is 15.0. The summed E-state index contributed by atoms with van der Waals surface area (Å²) in [6.45, 7) is 11.8. The molecule has 0 saturated carbocycles. The third-order valence-electron chi connectivity index (χ3n) is 5.72. The van der Waals surface area contributed by atoms with Crippen LogP contribution in [0.4, 0.5) is 0 Å². The molecule has 1 aromatic carbocycles. The van der Waals surface area contributed by atoms with Crippen molar-refractivity contribution in [2.24, 2.45) is 0 Å². The molecular weight excluding hydrogens is 348 g/mol. The maximum Gasteiger partial charge on any atom is 0.182 e. The Morgan fingerprint density at radius 2 is 1.57 bits per heavy atom. The van der Waals surface area contributed by atoms with Crippen LogP contribution in [0.25, 0.3) is 0 Å². The third-order valence-corrected chi connectivity index (χ3v) is 5.72. The number of nitrogens with zero attached hydrogens (tertiary/aromatic N) is 2. The van der Waals surface area contributed by atoms with E-state index in [2.05, 4.69) is 39.7 Å². The number of unbranched alkanes of at least 4 members (excludes halogenated alkanes) is 5. The molecule has 4 nitrogen and oxygen atoms in total. The van der Waals surface area contributed by atoms with Gasteiger partial charge < -0.3 is 5.21 Å². The van der Waals surface area contributed by atoms with Crippen molar-refractivity contribution in [1.29, 1.82) is 0 Å². The fourth-order valence-corrected chi connectivity index (χ4v) is 4.57. The van der Waals surface area contributed by atoms with E-state index in [1.165, 1.54) is 32.1 Å². The molecule has 4 heteroatoms. The highest BCUT2D eigenvalue weighted by atomic mass is 16.7. The highest BCUT2D eigenvalue weighted by molar-refractivity contribution is 5.75. The highest BCUT2D eigenvalue weighted by Gasteiger charge is 2.49. The summed E-state index contributed by atoms with van der Waals surface area (Å²) in [7, 11) is 0. The van der Waals surface area contributed by atoms with E-state index >= 15 is 0 Å². The fourth-order valence-electron chi connectivity index (χ4n) is 4.57. The second-order valence-corrected chi connectivity index (χ2v) is 9.48. The molecule has 0 atom stereocenters. The zero-order valence-electron chi connectivity index (χ0n) is 18.6. The van der Waals surface area contributed by atoms with Crippen LogP contribution in [0, 0.1) is 5.21 Å². The molecule has 158 valence electrons. The molecule has 0 aromatic heterocycles. The van der Waals surface area contributed by atoms with Crippen LogP contribution in [0.15, 0.2) is 30.3 Å². The number of hydrogen-bond acceptors (Lipinski definition) is 3. The summed E-state index contributed by atoms with van der Waals surface area (Å²) in [6, 6.07) is 9.80. The Balaban J connectivity index is 1.94. The van der Waals surface area contributed by atoms with Gasteiger partial charge in [-0.2, -0.15) is 5.06 Å². The highest BCUT2D eigenvalue weighted by Crippen LogP contribution is 2.39. The molecule has 0 amide bonds. The zero-order valence-corrected chi connectivity index (χ0v) is 18.6. The fraction of sp³-hybridized carbons (Fsp3) is 0.708. The van der Waals surface area contributed by atoms with Crippen molar-refractivity contribution >= 4 is 6.21 Å². The van der Waals surface area contributed by atoms with Crippen LogP contribution in [0.2, 0.25) is 0 Å². The van der Waals surface area contributed by atoms with E-state index in [1.54, 1.807) is 6.21 Å². The van der Waals surface area contributed by atoms with Crippen LogP contribution < -0.4 is 0 Å². The van der Waals surface area contributed by atoms with Gasteiger partial charge in [0.1, 0.15) is 0 Å². The van der Waals surface area contributed by atoms with Gasteiger partial charge in [-0.25, -0.2) is 4.74 Å². The van der Waals surface area contributed by atoms with Crippen LogP contribution in [0.5, 0.6) is 0 Å².